The molecule has 0 spiro atoms. The number of hydrazone groups is 1. The molecule has 0 aliphatic heterocycles. The normalized spacial score (nSPS) is 11.4. The maximum atomic E-state index is 5.26. The topological polar surface area (TPSA) is 38.4 Å². The molecule has 0 aliphatic rings. The summed E-state index contributed by atoms with van der Waals surface area (Å²) < 4.78 is 0. The van der Waals surface area contributed by atoms with E-state index in [4.69, 9.17) is 5.84 Å². The third kappa shape index (κ3) is 2.39. The highest BCUT2D eigenvalue weighted by molar-refractivity contribution is 8.13. The molecule has 0 fully saturated rings. The van der Waals surface area contributed by atoms with Gasteiger partial charge in [0.25, 0.3) is 0 Å². The average molecular weight is 206 g/mol. The van der Waals surface area contributed by atoms with Gasteiger partial charge in [-0.05, 0) is 18.7 Å². The minimum Gasteiger partial charge on any atom is -0.322 e. The van der Waals surface area contributed by atoms with Gasteiger partial charge < -0.3 is 5.84 Å². The number of rotatable bonds is 2. The van der Waals surface area contributed by atoms with E-state index in [0.29, 0.717) is 0 Å². The zero-order valence-corrected chi connectivity index (χ0v) is 9.27. The first kappa shape index (κ1) is 10.9. The molecule has 74 valence electrons. The van der Waals surface area contributed by atoms with Gasteiger partial charge in [-0.2, -0.15) is 5.10 Å². The Morgan fingerprint density at radius 2 is 1.79 bits per heavy atom. The summed E-state index contributed by atoms with van der Waals surface area (Å²) in [6.45, 7) is 5.87. The molecule has 0 heterocycles. The predicted molar refractivity (Wildman–Crippen MR) is 65.4 cm³/mol. The lowest BCUT2D eigenvalue weighted by molar-refractivity contribution is 1.26. The number of nitrogens with zero attached hydrogens (tertiary/aromatic N) is 1. The van der Waals surface area contributed by atoms with Crippen LogP contribution in [0.1, 0.15) is 18.1 Å². The lowest BCUT2D eigenvalue weighted by Gasteiger charge is -2.03. The Labute approximate surface area is 88.9 Å². The number of hydrogen-bond donors (Lipinski definition) is 1. The van der Waals surface area contributed by atoms with Crippen LogP contribution in [0.25, 0.3) is 5.57 Å². The molecule has 2 nitrogen and oxygen atoms in total. The molecule has 0 saturated heterocycles. The van der Waals surface area contributed by atoms with Crippen molar-refractivity contribution in [3.8, 4) is 0 Å². The molecule has 0 aromatic heterocycles. The highest BCUT2D eigenvalue weighted by Crippen LogP contribution is 2.15. The van der Waals surface area contributed by atoms with Crippen LogP contribution in [0.15, 0.2) is 35.9 Å². The molecular formula is C11H14N2S. The molecule has 0 radical (unpaired) electrons. The van der Waals surface area contributed by atoms with Crippen molar-refractivity contribution in [2.45, 2.75) is 6.92 Å². The van der Waals surface area contributed by atoms with Gasteiger partial charge in [-0.3, -0.25) is 0 Å². The third-order valence-electron chi connectivity index (χ3n) is 1.94. The first-order chi connectivity index (χ1) is 6.69. The summed E-state index contributed by atoms with van der Waals surface area (Å²) in [7, 11) is 0. The van der Waals surface area contributed by atoms with Crippen LogP contribution in [0.5, 0.6) is 0 Å². The van der Waals surface area contributed by atoms with Crippen LogP contribution in [-0.4, -0.2) is 11.3 Å². The Kier molecular flexibility index (Phi) is 3.77. The van der Waals surface area contributed by atoms with Gasteiger partial charge >= 0.3 is 0 Å². The van der Waals surface area contributed by atoms with Crippen LogP contribution < -0.4 is 5.84 Å². The van der Waals surface area contributed by atoms with Gasteiger partial charge in [0.05, 0.1) is 0 Å². The summed E-state index contributed by atoms with van der Waals surface area (Å²) in [4.78, 5) is 0. The van der Waals surface area contributed by atoms with Crippen molar-refractivity contribution in [3.63, 3.8) is 0 Å². The molecule has 1 aromatic rings. The lowest BCUT2D eigenvalue weighted by Crippen LogP contribution is -1.98. The zero-order valence-electron chi connectivity index (χ0n) is 8.45. The van der Waals surface area contributed by atoms with Gasteiger partial charge in [-0.25, -0.2) is 0 Å². The van der Waals surface area contributed by atoms with Crippen LogP contribution >= 0.6 is 11.8 Å². The molecule has 0 unspecified atom stereocenters. The van der Waals surface area contributed by atoms with Gasteiger partial charge in [-0.1, -0.05) is 36.4 Å². The summed E-state index contributed by atoms with van der Waals surface area (Å²) >= 11 is 1.54. The SMILES string of the molecule is C=C(C)c1ccc(/C(=N/N)SC)cc1. The van der Waals surface area contributed by atoms with Gasteiger partial charge in [0.2, 0.25) is 0 Å². The molecule has 1 rings (SSSR count). The monoisotopic (exact) mass is 206 g/mol. The Bertz CT molecular complexity index is 352. The number of hydrogen-bond acceptors (Lipinski definition) is 3. The highest BCUT2D eigenvalue weighted by atomic mass is 32.2. The van der Waals surface area contributed by atoms with Crippen LogP contribution in [0.2, 0.25) is 0 Å². The Balaban J connectivity index is 2.99. The molecular weight excluding hydrogens is 192 g/mol. The Hall–Kier alpha value is -1.22. The second-order valence-corrected chi connectivity index (χ2v) is 3.79. The molecule has 0 saturated carbocycles. The lowest BCUT2D eigenvalue weighted by atomic mass is 10.1. The predicted octanol–water partition coefficient (Wildman–Crippen LogP) is 2.70. The largest absolute Gasteiger partial charge is 0.322 e. The van der Waals surface area contributed by atoms with Crippen LogP contribution in [0.3, 0.4) is 0 Å². The van der Waals surface area contributed by atoms with E-state index >= 15 is 0 Å². The summed E-state index contributed by atoms with van der Waals surface area (Å²) in [5, 5.41) is 4.55. The fourth-order valence-electron chi connectivity index (χ4n) is 1.14. The van der Waals surface area contributed by atoms with Crippen LogP contribution in [-0.2, 0) is 0 Å². The van der Waals surface area contributed by atoms with Gasteiger partial charge in [0, 0.05) is 5.56 Å². The van der Waals surface area contributed by atoms with Crippen molar-refractivity contribution in [3.05, 3.63) is 42.0 Å². The maximum absolute atomic E-state index is 5.26. The van der Waals surface area contributed by atoms with Crippen molar-refractivity contribution < 1.29 is 0 Å². The van der Waals surface area contributed by atoms with E-state index in [2.05, 4.69) is 11.7 Å². The Morgan fingerprint density at radius 3 is 2.14 bits per heavy atom. The smallest absolute Gasteiger partial charge is 0.123 e. The second-order valence-electron chi connectivity index (χ2n) is 3.00. The van der Waals surface area contributed by atoms with E-state index in [0.717, 1.165) is 21.7 Å². The van der Waals surface area contributed by atoms with Gasteiger partial charge in [0.1, 0.15) is 5.04 Å². The van der Waals surface area contributed by atoms with E-state index in [1.807, 2.05) is 37.4 Å². The number of benzene rings is 1. The second kappa shape index (κ2) is 4.86. The third-order valence-corrected chi connectivity index (χ3v) is 2.66. The van der Waals surface area contributed by atoms with Crippen LogP contribution in [0.4, 0.5) is 0 Å². The summed E-state index contributed by atoms with van der Waals surface area (Å²) in [5.41, 5.74) is 3.25. The molecule has 0 amide bonds. The molecule has 0 bridgehead atoms. The standard InChI is InChI=1S/C11H14N2S/c1-8(2)9-4-6-10(7-5-9)11(13-12)14-3/h4-7H,1,12H2,2-3H3/b13-11-. The first-order valence-electron chi connectivity index (χ1n) is 4.27. The van der Waals surface area contributed by atoms with E-state index in [-0.39, 0.29) is 0 Å². The minimum absolute atomic E-state index is 0.846. The van der Waals surface area contributed by atoms with Crippen molar-refractivity contribution in [2.24, 2.45) is 10.9 Å². The van der Waals surface area contributed by atoms with Crippen molar-refractivity contribution in [2.75, 3.05) is 6.26 Å². The minimum atomic E-state index is 0.846. The molecule has 0 aliphatic carbocycles. The van der Waals surface area contributed by atoms with Crippen molar-refractivity contribution in [1.29, 1.82) is 0 Å². The number of allylic oxidation sites excluding steroid dienone is 1. The number of nitrogens with two attached hydrogens (primary N) is 1. The van der Waals surface area contributed by atoms with Gasteiger partial charge in [-0.15, -0.1) is 11.8 Å². The average Bonchev–Trinajstić information content (AvgIpc) is 2.20. The summed E-state index contributed by atoms with van der Waals surface area (Å²) in [5.74, 6) is 5.26. The zero-order chi connectivity index (χ0) is 10.6. The first-order valence-corrected chi connectivity index (χ1v) is 5.49. The summed E-state index contributed by atoms with van der Waals surface area (Å²) in [6, 6.07) is 8.07. The quantitative estimate of drug-likeness (QED) is 0.350. The molecule has 3 heteroatoms. The summed E-state index contributed by atoms with van der Waals surface area (Å²) in [6.07, 6.45) is 1.96. The van der Waals surface area contributed by atoms with Crippen LogP contribution in [0, 0.1) is 0 Å². The van der Waals surface area contributed by atoms with Gasteiger partial charge in [0.15, 0.2) is 0 Å². The fourth-order valence-corrected chi connectivity index (χ4v) is 1.62. The molecule has 0 atom stereocenters. The Morgan fingerprint density at radius 1 is 1.29 bits per heavy atom. The molecule has 1 aromatic carbocycles. The highest BCUT2D eigenvalue weighted by Gasteiger charge is 2.01. The van der Waals surface area contributed by atoms with Crippen molar-refractivity contribution in [1.82, 2.24) is 0 Å². The van der Waals surface area contributed by atoms with E-state index < -0.39 is 0 Å². The van der Waals surface area contributed by atoms with Crippen molar-refractivity contribution >= 4 is 22.4 Å². The number of thioether (sulfide) groups is 1. The molecule has 14 heavy (non-hydrogen) atoms. The van der Waals surface area contributed by atoms with E-state index in [1.165, 1.54) is 11.8 Å². The fraction of sp³-hybridized carbons (Fsp3) is 0.182. The maximum Gasteiger partial charge on any atom is 0.123 e. The van der Waals surface area contributed by atoms with E-state index in [9.17, 15) is 0 Å². The van der Waals surface area contributed by atoms with E-state index in [1.54, 1.807) is 0 Å². The molecule has 2 N–H and O–H groups in total.